The van der Waals surface area contributed by atoms with Gasteiger partial charge in [0.15, 0.2) is 0 Å². The standard InChI is InChI=1S/C14H28N2O3S/c1-4-9-15(10-5-2)14(17)13-8-7-11-16(13)20(18,19)12-6-3/h13H,4-12H2,1-3H3. The van der Waals surface area contributed by atoms with Crippen molar-refractivity contribution in [2.75, 3.05) is 25.4 Å². The molecule has 0 N–H and O–H groups in total. The molecule has 0 spiro atoms. The summed E-state index contributed by atoms with van der Waals surface area (Å²) in [5.74, 6) is 0.129. The van der Waals surface area contributed by atoms with Crippen molar-refractivity contribution in [1.29, 1.82) is 0 Å². The summed E-state index contributed by atoms with van der Waals surface area (Å²) in [4.78, 5) is 14.4. The molecule has 118 valence electrons. The van der Waals surface area contributed by atoms with E-state index in [-0.39, 0.29) is 11.7 Å². The number of amides is 1. The van der Waals surface area contributed by atoms with Gasteiger partial charge in [0.1, 0.15) is 6.04 Å². The number of carbonyl (C=O) groups is 1. The first-order valence-electron chi connectivity index (χ1n) is 7.76. The third kappa shape index (κ3) is 4.19. The van der Waals surface area contributed by atoms with Gasteiger partial charge in [0.25, 0.3) is 0 Å². The van der Waals surface area contributed by atoms with Crippen molar-refractivity contribution in [2.24, 2.45) is 0 Å². The van der Waals surface area contributed by atoms with Gasteiger partial charge in [-0.3, -0.25) is 4.79 Å². The van der Waals surface area contributed by atoms with Gasteiger partial charge in [-0.2, -0.15) is 4.31 Å². The summed E-state index contributed by atoms with van der Waals surface area (Å²) in [7, 11) is -3.28. The van der Waals surface area contributed by atoms with Crippen LogP contribution in [0.3, 0.4) is 0 Å². The van der Waals surface area contributed by atoms with Crippen LogP contribution in [0.15, 0.2) is 0 Å². The van der Waals surface area contributed by atoms with Gasteiger partial charge >= 0.3 is 0 Å². The molecular weight excluding hydrogens is 276 g/mol. The molecule has 1 aliphatic heterocycles. The third-order valence-corrected chi connectivity index (χ3v) is 5.68. The largest absolute Gasteiger partial charge is 0.341 e. The van der Waals surface area contributed by atoms with Crippen LogP contribution in [-0.4, -0.2) is 55.0 Å². The molecule has 1 amide bonds. The molecule has 1 rings (SSSR count). The Morgan fingerprint density at radius 1 is 1.15 bits per heavy atom. The lowest BCUT2D eigenvalue weighted by molar-refractivity contribution is -0.134. The molecule has 0 saturated carbocycles. The molecule has 1 unspecified atom stereocenters. The quantitative estimate of drug-likeness (QED) is 0.687. The molecular formula is C14H28N2O3S. The summed E-state index contributed by atoms with van der Waals surface area (Å²) in [5.41, 5.74) is 0. The summed E-state index contributed by atoms with van der Waals surface area (Å²) in [5, 5.41) is 0. The van der Waals surface area contributed by atoms with Gasteiger partial charge in [0.05, 0.1) is 5.75 Å². The fourth-order valence-corrected chi connectivity index (χ4v) is 4.52. The molecule has 1 heterocycles. The second-order valence-electron chi connectivity index (χ2n) is 5.41. The van der Waals surface area contributed by atoms with Crippen LogP contribution in [-0.2, 0) is 14.8 Å². The molecule has 20 heavy (non-hydrogen) atoms. The molecule has 0 aromatic rings. The maximum absolute atomic E-state index is 12.6. The van der Waals surface area contributed by atoms with Gasteiger partial charge in [-0.25, -0.2) is 8.42 Å². The highest BCUT2D eigenvalue weighted by molar-refractivity contribution is 7.89. The van der Waals surface area contributed by atoms with E-state index in [1.54, 1.807) is 0 Å². The average Bonchev–Trinajstić information content (AvgIpc) is 2.87. The molecule has 1 fully saturated rings. The van der Waals surface area contributed by atoms with E-state index in [0.717, 1.165) is 19.3 Å². The Labute approximate surface area is 123 Å². The van der Waals surface area contributed by atoms with Gasteiger partial charge in [-0.1, -0.05) is 20.8 Å². The van der Waals surface area contributed by atoms with E-state index in [9.17, 15) is 13.2 Å². The van der Waals surface area contributed by atoms with Gasteiger partial charge in [0, 0.05) is 19.6 Å². The molecule has 1 atom stereocenters. The number of rotatable bonds is 8. The minimum Gasteiger partial charge on any atom is -0.341 e. The van der Waals surface area contributed by atoms with Crippen molar-refractivity contribution < 1.29 is 13.2 Å². The van der Waals surface area contributed by atoms with Crippen LogP contribution in [0.25, 0.3) is 0 Å². The highest BCUT2D eigenvalue weighted by Crippen LogP contribution is 2.23. The minimum atomic E-state index is -3.28. The maximum Gasteiger partial charge on any atom is 0.241 e. The monoisotopic (exact) mass is 304 g/mol. The smallest absolute Gasteiger partial charge is 0.241 e. The van der Waals surface area contributed by atoms with Crippen LogP contribution in [0, 0.1) is 0 Å². The SMILES string of the molecule is CCCN(CCC)C(=O)C1CCCN1S(=O)(=O)CCC. The van der Waals surface area contributed by atoms with Gasteiger partial charge in [-0.15, -0.1) is 0 Å². The molecule has 0 bridgehead atoms. The second kappa shape index (κ2) is 7.98. The minimum absolute atomic E-state index is 0.00845. The molecule has 1 aliphatic rings. The van der Waals surface area contributed by atoms with Gasteiger partial charge < -0.3 is 4.90 Å². The van der Waals surface area contributed by atoms with E-state index in [1.165, 1.54) is 4.31 Å². The summed E-state index contributed by atoms with van der Waals surface area (Å²) < 4.78 is 25.9. The first-order chi connectivity index (χ1) is 9.47. The van der Waals surface area contributed by atoms with Crippen molar-refractivity contribution in [2.45, 2.75) is 58.9 Å². The highest BCUT2D eigenvalue weighted by Gasteiger charge is 2.39. The molecule has 0 radical (unpaired) electrons. The molecule has 6 heteroatoms. The van der Waals surface area contributed by atoms with E-state index < -0.39 is 16.1 Å². The van der Waals surface area contributed by atoms with E-state index in [0.29, 0.717) is 32.5 Å². The first kappa shape index (κ1) is 17.4. The van der Waals surface area contributed by atoms with E-state index in [2.05, 4.69) is 0 Å². The van der Waals surface area contributed by atoms with Crippen LogP contribution in [0.2, 0.25) is 0 Å². The predicted octanol–water partition coefficient (Wildman–Crippen LogP) is 1.84. The molecule has 5 nitrogen and oxygen atoms in total. The summed E-state index contributed by atoms with van der Waals surface area (Å²) in [6, 6.07) is -0.468. The Bertz CT molecular complexity index is 403. The third-order valence-electron chi connectivity index (χ3n) is 3.61. The maximum atomic E-state index is 12.6. The Morgan fingerprint density at radius 3 is 2.25 bits per heavy atom. The van der Waals surface area contributed by atoms with Crippen LogP contribution >= 0.6 is 0 Å². The Morgan fingerprint density at radius 2 is 1.75 bits per heavy atom. The number of hydrogen-bond donors (Lipinski definition) is 0. The van der Waals surface area contributed by atoms with Gasteiger partial charge in [-0.05, 0) is 32.1 Å². The zero-order valence-electron chi connectivity index (χ0n) is 13.0. The number of nitrogens with zero attached hydrogens (tertiary/aromatic N) is 2. The summed E-state index contributed by atoms with van der Waals surface area (Å²) in [6.45, 7) is 7.85. The van der Waals surface area contributed by atoms with E-state index in [1.807, 2.05) is 25.7 Å². The van der Waals surface area contributed by atoms with E-state index in [4.69, 9.17) is 0 Å². The Kier molecular flexibility index (Phi) is 6.95. The molecule has 0 aromatic heterocycles. The number of carbonyl (C=O) groups excluding carboxylic acids is 1. The Balaban J connectivity index is 2.84. The normalized spacial score (nSPS) is 20.2. The van der Waals surface area contributed by atoms with Crippen molar-refractivity contribution in [1.82, 2.24) is 9.21 Å². The van der Waals surface area contributed by atoms with Crippen molar-refractivity contribution in [3.05, 3.63) is 0 Å². The topological polar surface area (TPSA) is 57.7 Å². The van der Waals surface area contributed by atoms with Gasteiger partial charge in [0.2, 0.25) is 15.9 Å². The number of hydrogen-bond acceptors (Lipinski definition) is 3. The lowest BCUT2D eigenvalue weighted by Gasteiger charge is -2.29. The summed E-state index contributed by atoms with van der Waals surface area (Å²) in [6.07, 6.45) is 3.84. The zero-order chi connectivity index (χ0) is 15.2. The lowest BCUT2D eigenvalue weighted by Crippen LogP contribution is -2.48. The number of sulfonamides is 1. The molecule has 1 saturated heterocycles. The zero-order valence-corrected chi connectivity index (χ0v) is 13.8. The van der Waals surface area contributed by atoms with Crippen molar-refractivity contribution in [3.63, 3.8) is 0 Å². The van der Waals surface area contributed by atoms with Crippen molar-refractivity contribution in [3.8, 4) is 0 Å². The Hall–Kier alpha value is -0.620. The molecule has 0 aromatic carbocycles. The predicted molar refractivity (Wildman–Crippen MR) is 81.0 cm³/mol. The van der Waals surface area contributed by atoms with Crippen LogP contribution in [0.5, 0.6) is 0 Å². The first-order valence-corrected chi connectivity index (χ1v) is 9.37. The van der Waals surface area contributed by atoms with Crippen molar-refractivity contribution >= 4 is 15.9 Å². The van der Waals surface area contributed by atoms with Crippen LogP contribution in [0.4, 0.5) is 0 Å². The fourth-order valence-electron chi connectivity index (χ4n) is 2.78. The van der Waals surface area contributed by atoms with Crippen LogP contribution < -0.4 is 0 Å². The average molecular weight is 304 g/mol. The lowest BCUT2D eigenvalue weighted by atomic mass is 10.2. The fraction of sp³-hybridized carbons (Fsp3) is 0.929. The van der Waals surface area contributed by atoms with Crippen LogP contribution in [0.1, 0.15) is 52.9 Å². The van der Waals surface area contributed by atoms with E-state index >= 15 is 0 Å². The second-order valence-corrected chi connectivity index (χ2v) is 7.45. The molecule has 0 aliphatic carbocycles. The highest BCUT2D eigenvalue weighted by atomic mass is 32.2. The summed E-state index contributed by atoms with van der Waals surface area (Å²) >= 11 is 0.